The molecule has 43 heavy (non-hydrogen) atoms. The molecule has 218 valence electrons. The number of para-hydroxylation sites is 1. The molecule has 4 aromatic carbocycles. The Kier molecular flexibility index (Phi) is 8.16. The van der Waals surface area contributed by atoms with Gasteiger partial charge in [-0.1, -0.05) is 72.8 Å². The van der Waals surface area contributed by atoms with Crippen LogP contribution < -0.4 is 10.2 Å². The molecular formula is C36H33F2N3O2. The van der Waals surface area contributed by atoms with Gasteiger partial charge in [-0.15, -0.1) is 0 Å². The predicted molar refractivity (Wildman–Crippen MR) is 168 cm³/mol. The van der Waals surface area contributed by atoms with Crippen LogP contribution in [0.25, 0.3) is 16.7 Å². The number of amides is 2. The Morgan fingerprint density at radius 2 is 1.42 bits per heavy atom. The molecule has 6 rings (SSSR count). The van der Waals surface area contributed by atoms with E-state index in [1.807, 2.05) is 48.5 Å². The summed E-state index contributed by atoms with van der Waals surface area (Å²) in [7, 11) is 0. The highest BCUT2D eigenvalue weighted by Crippen LogP contribution is 2.43. The topological polar surface area (TPSA) is 52.7 Å². The number of anilines is 2. The quantitative estimate of drug-likeness (QED) is 0.255. The molecule has 4 aromatic rings. The molecule has 0 aromatic heterocycles. The van der Waals surface area contributed by atoms with Crippen molar-refractivity contribution in [2.45, 2.75) is 25.2 Å². The third-order valence-electron chi connectivity index (χ3n) is 8.17. The number of carbonyl (C=O) groups excluding carboxylic acids is 2. The first-order valence-corrected chi connectivity index (χ1v) is 14.7. The number of rotatable bonds is 6. The second kappa shape index (κ2) is 12.3. The number of alkyl halides is 2. The normalized spacial score (nSPS) is 17.3. The first kappa shape index (κ1) is 28.5. The Hall–Kier alpha value is -4.62. The van der Waals surface area contributed by atoms with Crippen molar-refractivity contribution in [3.05, 3.63) is 126 Å². The standard InChI is InChI=1S/C36H33F2N3O2/c37-36(38)21-25-41(33-15-7-6-14-31(33)32(36)20-24-40-22-8-9-23-40)35(43)27-16-18-28(19-17-27)39-34(42)30-13-5-4-12-29(30)26-10-2-1-3-11-26/h1-7,10-20H,8-9,21-25H2,(H,39,42)/b32-20-. The fraction of sp³-hybridized carbons (Fsp3) is 0.222. The van der Waals surface area contributed by atoms with E-state index in [4.69, 9.17) is 0 Å². The van der Waals surface area contributed by atoms with Gasteiger partial charge in [-0.2, -0.15) is 0 Å². The van der Waals surface area contributed by atoms with Gasteiger partial charge in [0.15, 0.2) is 0 Å². The summed E-state index contributed by atoms with van der Waals surface area (Å²) < 4.78 is 31.0. The number of allylic oxidation sites excluding steroid dienone is 1. The van der Waals surface area contributed by atoms with Crippen LogP contribution in [-0.2, 0) is 0 Å². The molecule has 2 aliphatic rings. The van der Waals surface area contributed by atoms with Gasteiger partial charge < -0.3 is 10.2 Å². The maximum absolute atomic E-state index is 15.5. The molecule has 0 atom stereocenters. The van der Waals surface area contributed by atoms with Crippen molar-refractivity contribution in [1.82, 2.24) is 4.90 Å². The molecule has 2 heterocycles. The van der Waals surface area contributed by atoms with E-state index in [0.29, 0.717) is 34.6 Å². The first-order chi connectivity index (χ1) is 20.9. The van der Waals surface area contributed by atoms with Gasteiger partial charge in [-0.05, 0) is 73.5 Å². The molecule has 0 bridgehead atoms. The van der Waals surface area contributed by atoms with Crippen molar-refractivity contribution in [2.75, 3.05) is 36.4 Å². The number of carbonyl (C=O) groups is 2. The Bertz CT molecular complexity index is 1640. The summed E-state index contributed by atoms with van der Waals surface area (Å²) in [6.07, 6.45) is 3.35. The van der Waals surface area contributed by atoms with Crippen LogP contribution >= 0.6 is 0 Å². The van der Waals surface area contributed by atoms with Gasteiger partial charge in [0, 0.05) is 47.5 Å². The number of hydrogen-bond donors (Lipinski definition) is 1. The van der Waals surface area contributed by atoms with Gasteiger partial charge in [-0.3, -0.25) is 14.5 Å². The average Bonchev–Trinajstić information content (AvgIpc) is 3.52. The second-order valence-corrected chi connectivity index (χ2v) is 11.0. The third-order valence-corrected chi connectivity index (χ3v) is 8.17. The molecule has 2 aliphatic heterocycles. The van der Waals surface area contributed by atoms with Crippen molar-refractivity contribution in [3.8, 4) is 11.1 Å². The third kappa shape index (κ3) is 6.13. The van der Waals surface area contributed by atoms with Crippen molar-refractivity contribution in [2.24, 2.45) is 0 Å². The molecule has 0 saturated carbocycles. The number of nitrogens with one attached hydrogen (secondary N) is 1. The van der Waals surface area contributed by atoms with Crippen molar-refractivity contribution in [3.63, 3.8) is 0 Å². The fourth-order valence-corrected chi connectivity index (χ4v) is 5.90. The lowest BCUT2D eigenvalue weighted by Gasteiger charge is -2.23. The van der Waals surface area contributed by atoms with Crippen LogP contribution in [-0.4, -0.2) is 48.8 Å². The summed E-state index contributed by atoms with van der Waals surface area (Å²) >= 11 is 0. The number of benzene rings is 4. The average molecular weight is 578 g/mol. The lowest BCUT2D eigenvalue weighted by Crippen LogP contribution is -2.33. The molecule has 2 amide bonds. The summed E-state index contributed by atoms with van der Waals surface area (Å²) in [4.78, 5) is 30.6. The van der Waals surface area contributed by atoms with E-state index >= 15 is 8.78 Å². The Morgan fingerprint density at radius 1 is 0.767 bits per heavy atom. The Balaban J connectivity index is 1.22. The number of nitrogens with zero attached hydrogens (tertiary/aromatic N) is 2. The number of hydrogen-bond acceptors (Lipinski definition) is 3. The van der Waals surface area contributed by atoms with Crippen molar-refractivity contribution < 1.29 is 18.4 Å². The van der Waals surface area contributed by atoms with Gasteiger partial charge in [0.25, 0.3) is 17.7 Å². The van der Waals surface area contributed by atoms with E-state index in [9.17, 15) is 9.59 Å². The molecule has 1 saturated heterocycles. The van der Waals surface area contributed by atoms with Gasteiger partial charge in [-0.25, -0.2) is 8.78 Å². The Morgan fingerprint density at radius 3 is 2.16 bits per heavy atom. The molecule has 0 aliphatic carbocycles. The smallest absolute Gasteiger partial charge is 0.275 e. The summed E-state index contributed by atoms with van der Waals surface area (Å²) in [5, 5.41) is 2.92. The summed E-state index contributed by atoms with van der Waals surface area (Å²) in [6, 6.07) is 30.6. The minimum Gasteiger partial charge on any atom is -0.322 e. The van der Waals surface area contributed by atoms with Crippen LogP contribution in [0.4, 0.5) is 20.2 Å². The molecule has 0 unspecified atom stereocenters. The zero-order valence-electron chi connectivity index (χ0n) is 23.8. The maximum Gasteiger partial charge on any atom is 0.275 e. The highest BCUT2D eigenvalue weighted by molar-refractivity contribution is 6.10. The largest absolute Gasteiger partial charge is 0.322 e. The van der Waals surface area contributed by atoms with E-state index in [1.165, 1.54) is 4.90 Å². The van der Waals surface area contributed by atoms with E-state index < -0.39 is 12.3 Å². The maximum atomic E-state index is 15.5. The van der Waals surface area contributed by atoms with Crippen molar-refractivity contribution >= 4 is 28.8 Å². The van der Waals surface area contributed by atoms with Crippen molar-refractivity contribution in [1.29, 1.82) is 0 Å². The first-order valence-electron chi connectivity index (χ1n) is 14.7. The van der Waals surface area contributed by atoms with Crippen LogP contribution in [0.5, 0.6) is 0 Å². The number of fused-ring (bicyclic) bond motifs is 1. The monoisotopic (exact) mass is 577 g/mol. The lowest BCUT2D eigenvalue weighted by molar-refractivity contribution is 0.0598. The molecule has 1 N–H and O–H groups in total. The molecule has 0 radical (unpaired) electrons. The van der Waals surface area contributed by atoms with Gasteiger partial charge >= 0.3 is 0 Å². The van der Waals surface area contributed by atoms with Gasteiger partial charge in [0.05, 0.1) is 5.69 Å². The van der Waals surface area contributed by atoms with Crippen LogP contribution in [0.3, 0.4) is 0 Å². The second-order valence-electron chi connectivity index (χ2n) is 11.0. The van der Waals surface area contributed by atoms with Gasteiger partial charge in [0.1, 0.15) is 0 Å². The molecule has 7 heteroatoms. The van der Waals surface area contributed by atoms with Crippen LogP contribution in [0.2, 0.25) is 0 Å². The summed E-state index contributed by atoms with van der Waals surface area (Å²) in [5.74, 6) is -3.69. The Labute approximate surface area is 250 Å². The lowest BCUT2D eigenvalue weighted by atomic mass is 9.97. The summed E-state index contributed by atoms with van der Waals surface area (Å²) in [6.45, 7) is 2.18. The van der Waals surface area contributed by atoms with Gasteiger partial charge in [0.2, 0.25) is 0 Å². The van der Waals surface area contributed by atoms with E-state index in [1.54, 1.807) is 60.7 Å². The minimum absolute atomic E-state index is 0.0147. The predicted octanol–water partition coefficient (Wildman–Crippen LogP) is 7.77. The molecule has 0 spiro atoms. The van der Waals surface area contributed by atoms with Crippen LogP contribution in [0.1, 0.15) is 45.5 Å². The minimum atomic E-state index is -3.06. The molecule has 5 nitrogen and oxygen atoms in total. The van der Waals surface area contributed by atoms with Crippen LogP contribution in [0, 0.1) is 0 Å². The number of halogens is 2. The SMILES string of the molecule is O=C(Nc1ccc(C(=O)N2CCC(F)(F)/C(=C\CN3CCCC3)c3ccccc32)cc1)c1ccccc1-c1ccccc1. The highest BCUT2D eigenvalue weighted by atomic mass is 19.3. The van der Waals surface area contributed by atoms with E-state index in [2.05, 4.69) is 10.2 Å². The molecule has 1 fully saturated rings. The van der Waals surface area contributed by atoms with E-state index in [0.717, 1.165) is 37.1 Å². The zero-order valence-corrected chi connectivity index (χ0v) is 23.8. The fourth-order valence-electron chi connectivity index (χ4n) is 5.90. The van der Waals surface area contributed by atoms with Crippen LogP contribution in [0.15, 0.2) is 109 Å². The number of likely N-dealkylation sites (tertiary alicyclic amines) is 1. The summed E-state index contributed by atoms with van der Waals surface area (Å²) in [5.41, 5.74) is 4.02. The van der Waals surface area contributed by atoms with E-state index in [-0.39, 0.29) is 23.9 Å². The highest BCUT2D eigenvalue weighted by Gasteiger charge is 2.41. The zero-order chi connectivity index (χ0) is 29.8. The molecular weight excluding hydrogens is 544 g/mol.